The summed E-state index contributed by atoms with van der Waals surface area (Å²) in [4.78, 5) is 2.73. The number of nitrogens with zero attached hydrogens (tertiary/aromatic N) is 1. The molecule has 1 aliphatic carbocycles. The normalized spacial score (nSPS) is 27.9. The molecule has 1 saturated heterocycles. The van der Waals surface area contributed by atoms with Crippen LogP contribution in [0.4, 0.5) is 0 Å². The molecule has 0 aromatic heterocycles. The molecule has 2 nitrogen and oxygen atoms in total. The minimum absolute atomic E-state index is 0.788. The summed E-state index contributed by atoms with van der Waals surface area (Å²) < 4.78 is 0. The molecule has 0 bridgehead atoms. The maximum absolute atomic E-state index is 3.69. The van der Waals surface area contributed by atoms with Crippen molar-refractivity contribution in [3.63, 3.8) is 0 Å². The van der Waals surface area contributed by atoms with Crippen molar-refractivity contribution in [3.8, 4) is 0 Å². The van der Waals surface area contributed by atoms with E-state index in [4.69, 9.17) is 0 Å². The maximum atomic E-state index is 3.69. The molecule has 0 amide bonds. The minimum atomic E-state index is 0.788. The van der Waals surface area contributed by atoms with Crippen LogP contribution in [-0.2, 0) is 0 Å². The van der Waals surface area contributed by atoms with E-state index in [0.717, 1.165) is 23.9 Å². The van der Waals surface area contributed by atoms with Gasteiger partial charge < -0.3 is 10.2 Å². The van der Waals surface area contributed by atoms with Gasteiger partial charge in [0.15, 0.2) is 0 Å². The Morgan fingerprint density at radius 1 is 1.18 bits per heavy atom. The van der Waals surface area contributed by atoms with Crippen LogP contribution in [0.15, 0.2) is 0 Å². The lowest BCUT2D eigenvalue weighted by Crippen LogP contribution is -2.37. The summed E-state index contributed by atoms with van der Waals surface area (Å²) in [7, 11) is 0. The van der Waals surface area contributed by atoms with E-state index in [1.807, 2.05) is 0 Å². The molecular weight excluding hydrogens is 208 g/mol. The quantitative estimate of drug-likeness (QED) is 0.733. The summed E-state index contributed by atoms with van der Waals surface area (Å²) >= 11 is 0. The molecule has 2 unspecified atom stereocenters. The molecule has 1 heterocycles. The first-order chi connectivity index (χ1) is 8.24. The molecule has 0 aromatic carbocycles. The van der Waals surface area contributed by atoms with Crippen molar-refractivity contribution in [1.29, 1.82) is 0 Å². The van der Waals surface area contributed by atoms with Gasteiger partial charge in [-0.15, -0.1) is 0 Å². The molecule has 1 saturated carbocycles. The first-order valence-electron chi connectivity index (χ1n) is 7.72. The van der Waals surface area contributed by atoms with Gasteiger partial charge in [0, 0.05) is 18.6 Å². The molecule has 0 spiro atoms. The topological polar surface area (TPSA) is 15.3 Å². The highest BCUT2D eigenvalue weighted by Crippen LogP contribution is 2.26. The highest BCUT2D eigenvalue weighted by atomic mass is 15.2. The third-order valence-corrected chi connectivity index (χ3v) is 4.90. The van der Waals surface area contributed by atoms with Crippen LogP contribution in [0.1, 0.15) is 52.9 Å². The molecule has 0 aromatic rings. The summed E-state index contributed by atoms with van der Waals surface area (Å²) in [5.41, 5.74) is 0. The molecule has 1 aliphatic heterocycles. The van der Waals surface area contributed by atoms with E-state index in [9.17, 15) is 0 Å². The van der Waals surface area contributed by atoms with Gasteiger partial charge in [0.25, 0.3) is 0 Å². The molecule has 2 aliphatic rings. The predicted octanol–water partition coefficient (Wildman–Crippen LogP) is 2.89. The Morgan fingerprint density at radius 2 is 1.88 bits per heavy atom. The highest BCUT2D eigenvalue weighted by Gasteiger charge is 2.30. The lowest BCUT2D eigenvalue weighted by molar-refractivity contribution is 0.175. The second-order valence-corrected chi connectivity index (χ2v) is 6.15. The Labute approximate surface area is 107 Å². The van der Waals surface area contributed by atoms with Gasteiger partial charge in [-0.3, -0.25) is 0 Å². The van der Waals surface area contributed by atoms with Gasteiger partial charge >= 0.3 is 0 Å². The zero-order valence-corrected chi connectivity index (χ0v) is 11.9. The molecule has 100 valence electrons. The number of nitrogens with one attached hydrogen (secondary N) is 1. The minimum Gasteiger partial charge on any atom is -0.314 e. The fourth-order valence-electron chi connectivity index (χ4n) is 3.29. The van der Waals surface area contributed by atoms with Crippen LogP contribution in [0.2, 0.25) is 0 Å². The monoisotopic (exact) mass is 238 g/mol. The number of likely N-dealkylation sites (tertiary alicyclic amines) is 1. The van der Waals surface area contributed by atoms with Gasteiger partial charge in [-0.2, -0.15) is 0 Å². The lowest BCUT2D eigenvalue weighted by Gasteiger charge is -2.30. The number of hydrogen-bond donors (Lipinski definition) is 1. The van der Waals surface area contributed by atoms with Crippen molar-refractivity contribution >= 4 is 0 Å². The van der Waals surface area contributed by atoms with Crippen molar-refractivity contribution < 1.29 is 0 Å². The van der Waals surface area contributed by atoms with Crippen molar-refractivity contribution in [2.75, 3.05) is 19.6 Å². The third-order valence-electron chi connectivity index (χ3n) is 4.90. The average molecular weight is 238 g/mol. The molecule has 0 radical (unpaired) electrons. The zero-order chi connectivity index (χ0) is 12.3. The van der Waals surface area contributed by atoms with E-state index in [1.54, 1.807) is 0 Å². The molecule has 2 rings (SSSR count). The Kier molecular flexibility index (Phi) is 4.87. The van der Waals surface area contributed by atoms with Gasteiger partial charge in [0.1, 0.15) is 0 Å². The molecule has 2 heteroatoms. The van der Waals surface area contributed by atoms with Gasteiger partial charge in [-0.1, -0.05) is 26.7 Å². The first kappa shape index (κ1) is 13.4. The molecule has 2 atom stereocenters. The second-order valence-electron chi connectivity index (χ2n) is 6.15. The maximum Gasteiger partial charge on any atom is 0.00951 e. The fraction of sp³-hybridized carbons (Fsp3) is 1.00. The van der Waals surface area contributed by atoms with Crippen LogP contribution in [0.25, 0.3) is 0 Å². The predicted molar refractivity (Wildman–Crippen MR) is 74.2 cm³/mol. The number of rotatable bonds is 7. The summed E-state index contributed by atoms with van der Waals surface area (Å²) in [5, 5.41) is 3.69. The second kappa shape index (κ2) is 6.19. The SMILES string of the molecule is CCC(CC)C(C)N1CCC(CNC2CC2)C1. The standard InChI is InChI=1S/C15H30N2/c1-4-14(5-2)12(3)17-9-8-13(11-17)10-16-15-6-7-15/h12-16H,4-11H2,1-3H3. The van der Waals surface area contributed by atoms with E-state index in [2.05, 4.69) is 31.0 Å². The fourth-order valence-corrected chi connectivity index (χ4v) is 3.29. The van der Waals surface area contributed by atoms with Gasteiger partial charge in [-0.25, -0.2) is 0 Å². The lowest BCUT2D eigenvalue weighted by atomic mass is 9.94. The van der Waals surface area contributed by atoms with E-state index >= 15 is 0 Å². The van der Waals surface area contributed by atoms with Crippen molar-refractivity contribution in [2.45, 2.75) is 65.0 Å². The molecular formula is C15H30N2. The number of hydrogen-bond acceptors (Lipinski definition) is 2. The molecule has 17 heavy (non-hydrogen) atoms. The van der Waals surface area contributed by atoms with Crippen LogP contribution in [0.5, 0.6) is 0 Å². The van der Waals surface area contributed by atoms with E-state index < -0.39 is 0 Å². The Balaban J connectivity index is 1.71. The summed E-state index contributed by atoms with van der Waals surface area (Å²) in [6.45, 7) is 11.0. The third kappa shape index (κ3) is 3.69. The Morgan fingerprint density at radius 3 is 2.47 bits per heavy atom. The Hall–Kier alpha value is -0.0800. The zero-order valence-electron chi connectivity index (χ0n) is 11.9. The molecule has 2 fully saturated rings. The highest BCUT2D eigenvalue weighted by molar-refractivity contribution is 4.86. The first-order valence-corrected chi connectivity index (χ1v) is 7.72. The van der Waals surface area contributed by atoms with Crippen molar-refractivity contribution in [1.82, 2.24) is 10.2 Å². The van der Waals surface area contributed by atoms with Crippen molar-refractivity contribution in [3.05, 3.63) is 0 Å². The Bertz CT molecular complexity index is 221. The van der Waals surface area contributed by atoms with Crippen LogP contribution in [-0.4, -0.2) is 36.6 Å². The molecule has 1 N–H and O–H groups in total. The average Bonchev–Trinajstić information content (AvgIpc) is 3.05. The van der Waals surface area contributed by atoms with Crippen LogP contribution >= 0.6 is 0 Å². The van der Waals surface area contributed by atoms with Crippen LogP contribution < -0.4 is 5.32 Å². The van der Waals surface area contributed by atoms with E-state index in [0.29, 0.717) is 0 Å². The summed E-state index contributed by atoms with van der Waals surface area (Å²) in [6, 6.07) is 1.66. The summed E-state index contributed by atoms with van der Waals surface area (Å²) in [6.07, 6.45) is 6.91. The van der Waals surface area contributed by atoms with Gasteiger partial charge in [0.2, 0.25) is 0 Å². The van der Waals surface area contributed by atoms with E-state index in [1.165, 1.54) is 51.7 Å². The van der Waals surface area contributed by atoms with Crippen LogP contribution in [0.3, 0.4) is 0 Å². The summed E-state index contributed by atoms with van der Waals surface area (Å²) in [5.74, 6) is 1.80. The smallest absolute Gasteiger partial charge is 0.00951 e. The van der Waals surface area contributed by atoms with Crippen molar-refractivity contribution in [2.24, 2.45) is 11.8 Å². The van der Waals surface area contributed by atoms with E-state index in [-0.39, 0.29) is 0 Å². The largest absolute Gasteiger partial charge is 0.314 e. The van der Waals surface area contributed by atoms with Gasteiger partial charge in [-0.05, 0) is 51.1 Å². The van der Waals surface area contributed by atoms with Gasteiger partial charge in [0.05, 0.1) is 0 Å². The van der Waals surface area contributed by atoms with Crippen LogP contribution in [0, 0.1) is 11.8 Å².